The monoisotopic (exact) mass is 393 g/mol. The van der Waals surface area contributed by atoms with Gasteiger partial charge >= 0.3 is 0 Å². The fourth-order valence-corrected chi connectivity index (χ4v) is 4.06. The van der Waals surface area contributed by atoms with E-state index in [9.17, 15) is 16.8 Å². The van der Waals surface area contributed by atoms with Gasteiger partial charge in [0.15, 0.2) is 11.5 Å². The molecular weight excluding hydrogens is 370 g/mol. The van der Waals surface area contributed by atoms with Crippen molar-refractivity contribution < 1.29 is 26.3 Å². The number of ether oxygens (including phenoxy) is 2. The molecule has 0 aliphatic carbocycles. The number of sulfonamides is 2. The molecule has 0 fully saturated rings. The second-order valence-corrected chi connectivity index (χ2v) is 9.63. The summed E-state index contributed by atoms with van der Waals surface area (Å²) in [5, 5.41) is 0. The SMILES string of the molecule is CN(C)CCN(CCNS(=O)(=O)c1ccc2c(c1)OCO2)S(C)(=O)=O. The Morgan fingerprint density at radius 3 is 2.36 bits per heavy atom. The molecule has 142 valence electrons. The highest BCUT2D eigenvalue weighted by molar-refractivity contribution is 7.89. The Morgan fingerprint density at radius 2 is 1.72 bits per heavy atom. The van der Waals surface area contributed by atoms with Crippen LogP contribution in [0.25, 0.3) is 0 Å². The van der Waals surface area contributed by atoms with Gasteiger partial charge in [-0.2, -0.15) is 4.31 Å². The molecule has 0 unspecified atom stereocenters. The van der Waals surface area contributed by atoms with Gasteiger partial charge in [0.05, 0.1) is 11.2 Å². The fourth-order valence-electron chi connectivity index (χ4n) is 2.19. The molecule has 9 nitrogen and oxygen atoms in total. The Kier molecular flexibility index (Phi) is 6.27. The van der Waals surface area contributed by atoms with Crippen LogP contribution in [0.4, 0.5) is 0 Å². The molecule has 1 aromatic carbocycles. The van der Waals surface area contributed by atoms with Crippen molar-refractivity contribution in [2.75, 3.05) is 53.3 Å². The van der Waals surface area contributed by atoms with E-state index in [-0.39, 0.29) is 31.3 Å². The molecule has 0 bridgehead atoms. The molecule has 0 saturated carbocycles. The lowest BCUT2D eigenvalue weighted by molar-refractivity contribution is 0.174. The molecule has 0 saturated heterocycles. The zero-order chi connectivity index (χ0) is 18.7. The highest BCUT2D eigenvalue weighted by Crippen LogP contribution is 2.33. The number of benzene rings is 1. The second kappa shape index (κ2) is 7.87. The number of hydrogen-bond acceptors (Lipinski definition) is 7. The average molecular weight is 393 g/mol. The standard InChI is InChI=1S/C14H23N3O6S2/c1-16(2)8-9-17(24(3,18)19)7-6-15-25(20,21)12-4-5-13-14(10-12)23-11-22-13/h4-5,10,15H,6-9,11H2,1-3H3. The van der Waals surface area contributed by atoms with E-state index in [0.717, 1.165) is 6.26 Å². The van der Waals surface area contributed by atoms with Gasteiger partial charge in [0.25, 0.3) is 0 Å². The molecule has 1 aliphatic heterocycles. The van der Waals surface area contributed by atoms with Crippen molar-refractivity contribution in [3.05, 3.63) is 18.2 Å². The van der Waals surface area contributed by atoms with Crippen LogP contribution < -0.4 is 14.2 Å². The summed E-state index contributed by atoms with van der Waals surface area (Å²) in [6.45, 7) is 0.911. The topological polar surface area (TPSA) is 105 Å². The molecule has 0 atom stereocenters. The first kappa shape index (κ1) is 19.9. The molecule has 2 rings (SSSR count). The van der Waals surface area contributed by atoms with Crippen LogP contribution in [0, 0.1) is 0 Å². The molecule has 1 N–H and O–H groups in total. The maximum atomic E-state index is 12.3. The van der Waals surface area contributed by atoms with Crippen LogP contribution in [0.5, 0.6) is 11.5 Å². The van der Waals surface area contributed by atoms with Gasteiger partial charge < -0.3 is 14.4 Å². The Hall–Kier alpha value is -1.40. The highest BCUT2D eigenvalue weighted by atomic mass is 32.2. The Bertz CT molecular complexity index is 808. The van der Waals surface area contributed by atoms with Gasteiger partial charge in [-0.3, -0.25) is 0 Å². The molecular formula is C14H23N3O6S2. The van der Waals surface area contributed by atoms with Crippen molar-refractivity contribution in [3.8, 4) is 11.5 Å². The Balaban J connectivity index is 1.98. The van der Waals surface area contributed by atoms with Crippen LogP contribution in [-0.4, -0.2) is 79.4 Å². The number of likely N-dealkylation sites (N-methyl/N-ethyl adjacent to an activating group) is 1. The summed E-state index contributed by atoms with van der Waals surface area (Å²) in [6.07, 6.45) is 1.11. The summed E-state index contributed by atoms with van der Waals surface area (Å²) in [6, 6.07) is 4.32. The van der Waals surface area contributed by atoms with Crippen molar-refractivity contribution in [2.45, 2.75) is 4.90 Å². The zero-order valence-electron chi connectivity index (χ0n) is 14.4. The van der Waals surface area contributed by atoms with Crippen molar-refractivity contribution in [3.63, 3.8) is 0 Å². The van der Waals surface area contributed by atoms with E-state index in [1.54, 1.807) is 0 Å². The quantitative estimate of drug-likeness (QED) is 0.604. The van der Waals surface area contributed by atoms with Crippen molar-refractivity contribution in [1.29, 1.82) is 0 Å². The minimum absolute atomic E-state index is 0.0305. The van der Waals surface area contributed by atoms with Crippen LogP contribution in [0.15, 0.2) is 23.1 Å². The number of nitrogens with one attached hydrogen (secondary N) is 1. The van der Waals surface area contributed by atoms with Crippen LogP contribution in [0.3, 0.4) is 0 Å². The summed E-state index contributed by atoms with van der Waals surface area (Å²) in [7, 11) is -3.52. The first-order valence-corrected chi connectivity index (χ1v) is 10.9. The van der Waals surface area contributed by atoms with E-state index in [4.69, 9.17) is 9.47 Å². The van der Waals surface area contributed by atoms with Crippen LogP contribution in [-0.2, 0) is 20.0 Å². The van der Waals surface area contributed by atoms with E-state index in [1.807, 2.05) is 19.0 Å². The third-order valence-corrected chi connectivity index (χ3v) is 6.34. The third kappa shape index (κ3) is 5.54. The summed E-state index contributed by atoms with van der Waals surface area (Å²) in [5.41, 5.74) is 0. The summed E-state index contributed by atoms with van der Waals surface area (Å²) in [4.78, 5) is 1.89. The lowest BCUT2D eigenvalue weighted by atomic mass is 10.3. The molecule has 11 heteroatoms. The number of rotatable bonds is 9. The second-order valence-electron chi connectivity index (χ2n) is 5.88. The maximum Gasteiger partial charge on any atom is 0.240 e. The number of nitrogens with zero attached hydrogens (tertiary/aromatic N) is 2. The normalized spacial score (nSPS) is 14.4. The van der Waals surface area contributed by atoms with E-state index >= 15 is 0 Å². The van der Waals surface area contributed by atoms with Crippen LogP contribution in [0.1, 0.15) is 0 Å². The summed E-state index contributed by atoms with van der Waals surface area (Å²) in [5.74, 6) is 0.859. The molecule has 1 aliphatic rings. The van der Waals surface area contributed by atoms with E-state index in [1.165, 1.54) is 22.5 Å². The van der Waals surface area contributed by atoms with Gasteiger partial charge in [0.2, 0.25) is 26.8 Å². The Labute approximate surface area is 148 Å². The van der Waals surface area contributed by atoms with Gasteiger partial charge in [-0.1, -0.05) is 0 Å². The first-order chi connectivity index (χ1) is 11.6. The third-order valence-electron chi connectivity index (χ3n) is 3.57. The van der Waals surface area contributed by atoms with Crippen LogP contribution in [0.2, 0.25) is 0 Å². The van der Waals surface area contributed by atoms with Gasteiger partial charge in [0, 0.05) is 32.2 Å². The van der Waals surface area contributed by atoms with E-state index < -0.39 is 20.0 Å². The highest BCUT2D eigenvalue weighted by Gasteiger charge is 2.21. The fraction of sp³-hybridized carbons (Fsp3) is 0.571. The van der Waals surface area contributed by atoms with Crippen molar-refractivity contribution >= 4 is 20.0 Å². The molecule has 1 aromatic rings. The lowest BCUT2D eigenvalue weighted by Gasteiger charge is -2.22. The molecule has 0 radical (unpaired) electrons. The predicted molar refractivity (Wildman–Crippen MR) is 92.7 cm³/mol. The lowest BCUT2D eigenvalue weighted by Crippen LogP contribution is -2.41. The zero-order valence-corrected chi connectivity index (χ0v) is 16.1. The number of fused-ring (bicyclic) bond motifs is 1. The minimum atomic E-state index is -3.77. The first-order valence-electron chi connectivity index (χ1n) is 7.59. The Morgan fingerprint density at radius 1 is 1.04 bits per heavy atom. The molecule has 0 aromatic heterocycles. The van der Waals surface area contributed by atoms with Gasteiger partial charge in [0.1, 0.15) is 0 Å². The minimum Gasteiger partial charge on any atom is -0.454 e. The summed E-state index contributed by atoms with van der Waals surface area (Å²) < 4.78 is 62.3. The summed E-state index contributed by atoms with van der Waals surface area (Å²) >= 11 is 0. The largest absolute Gasteiger partial charge is 0.454 e. The average Bonchev–Trinajstić information content (AvgIpc) is 2.96. The van der Waals surface area contributed by atoms with E-state index in [0.29, 0.717) is 18.0 Å². The van der Waals surface area contributed by atoms with Gasteiger partial charge in [-0.25, -0.2) is 21.6 Å². The predicted octanol–water partition coefficient (Wildman–Crippen LogP) is -0.483. The van der Waals surface area contributed by atoms with Gasteiger partial charge in [-0.05, 0) is 26.2 Å². The van der Waals surface area contributed by atoms with Crippen LogP contribution >= 0.6 is 0 Å². The molecule has 1 heterocycles. The molecule has 25 heavy (non-hydrogen) atoms. The van der Waals surface area contributed by atoms with E-state index in [2.05, 4.69) is 4.72 Å². The molecule has 0 spiro atoms. The van der Waals surface area contributed by atoms with Crippen molar-refractivity contribution in [1.82, 2.24) is 13.9 Å². The smallest absolute Gasteiger partial charge is 0.240 e. The van der Waals surface area contributed by atoms with Gasteiger partial charge in [-0.15, -0.1) is 0 Å². The molecule has 0 amide bonds. The maximum absolute atomic E-state index is 12.3. The number of hydrogen-bond donors (Lipinski definition) is 1. The van der Waals surface area contributed by atoms with Crippen molar-refractivity contribution in [2.24, 2.45) is 0 Å².